The lowest BCUT2D eigenvalue weighted by molar-refractivity contribution is 0.282. The van der Waals surface area contributed by atoms with E-state index in [1.807, 2.05) is 19.9 Å². The van der Waals surface area contributed by atoms with Crippen molar-refractivity contribution in [2.24, 2.45) is 4.99 Å². The molecule has 0 bridgehead atoms. The fraction of sp³-hybridized carbons (Fsp3) is 0.474. The fourth-order valence-electron chi connectivity index (χ4n) is 2.64. The summed E-state index contributed by atoms with van der Waals surface area (Å²) < 4.78 is 33.6. The molecule has 0 aliphatic carbocycles. The molecule has 1 unspecified atom stereocenters. The normalized spacial score (nSPS) is 13.3. The molecule has 1 aromatic carbocycles. The lowest BCUT2D eigenvalue weighted by atomic mass is 10.0. The summed E-state index contributed by atoms with van der Waals surface area (Å²) in [4.78, 5) is 5.90. The predicted molar refractivity (Wildman–Crippen MR) is 102 cm³/mol. The largest absolute Gasteiger partial charge is 0.359 e. The van der Waals surface area contributed by atoms with E-state index in [0.29, 0.717) is 18.3 Å². The van der Waals surface area contributed by atoms with Crippen molar-refractivity contribution in [2.45, 2.75) is 32.4 Å². The van der Waals surface area contributed by atoms with Crippen LogP contribution < -0.4 is 10.6 Å². The minimum absolute atomic E-state index is 0.0299. The van der Waals surface area contributed by atoms with Crippen LogP contribution in [0.25, 0.3) is 0 Å². The van der Waals surface area contributed by atoms with E-state index in [9.17, 15) is 8.78 Å². The first-order valence-corrected chi connectivity index (χ1v) is 8.83. The third-order valence-corrected chi connectivity index (χ3v) is 4.24. The number of likely N-dealkylation sites (N-methyl/N-ethyl adjacent to an activating group) is 1. The number of aliphatic imine (C=N–C) groups is 1. The molecule has 2 rings (SSSR count). The fourth-order valence-corrected chi connectivity index (χ4v) is 2.64. The molecule has 0 saturated carbocycles. The number of nitrogens with one attached hydrogen (secondary N) is 2. The van der Waals surface area contributed by atoms with Gasteiger partial charge >= 0.3 is 0 Å². The number of hydrogen-bond acceptors (Lipinski definition) is 4. The molecule has 1 atom stereocenters. The minimum atomic E-state index is -0.568. The van der Waals surface area contributed by atoms with Gasteiger partial charge in [0, 0.05) is 25.2 Å². The Morgan fingerprint density at radius 1 is 1.22 bits per heavy atom. The van der Waals surface area contributed by atoms with Gasteiger partial charge in [0.2, 0.25) is 0 Å². The van der Waals surface area contributed by atoms with Crippen molar-refractivity contribution in [3.63, 3.8) is 0 Å². The molecule has 1 aromatic heterocycles. The van der Waals surface area contributed by atoms with E-state index in [1.165, 1.54) is 18.2 Å². The van der Waals surface area contributed by atoms with Crippen molar-refractivity contribution in [1.82, 2.24) is 20.7 Å². The Morgan fingerprint density at radius 2 is 1.89 bits per heavy atom. The van der Waals surface area contributed by atoms with Gasteiger partial charge in [-0.25, -0.2) is 8.78 Å². The highest BCUT2D eigenvalue weighted by atomic mass is 19.1. The molecule has 8 heteroatoms. The molecule has 2 aromatic rings. The molecule has 0 saturated heterocycles. The van der Waals surface area contributed by atoms with Crippen molar-refractivity contribution in [3.05, 3.63) is 52.9 Å². The van der Waals surface area contributed by atoms with Gasteiger partial charge in [0.15, 0.2) is 11.7 Å². The number of rotatable bonds is 7. The van der Waals surface area contributed by atoms with Crippen molar-refractivity contribution < 1.29 is 13.3 Å². The lowest BCUT2D eigenvalue weighted by Gasteiger charge is -2.26. The standard InChI is InChI=1S/C19H27F2N5O/c1-12(2)16-9-13(27-25-16)10-23-19(22-3)24-11-17(26(4)5)18-14(20)7-6-8-15(18)21/h6-9,12,17H,10-11H2,1-5H3,(H2,22,23,24). The van der Waals surface area contributed by atoms with Gasteiger partial charge < -0.3 is 20.1 Å². The monoisotopic (exact) mass is 379 g/mol. The second-order valence-corrected chi connectivity index (χ2v) is 6.79. The second-order valence-electron chi connectivity index (χ2n) is 6.79. The topological polar surface area (TPSA) is 65.7 Å². The first-order valence-electron chi connectivity index (χ1n) is 8.83. The van der Waals surface area contributed by atoms with E-state index in [1.54, 1.807) is 26.0 Å². The summed E-state index contributed by atoms with van der Waals surface area (Å²) in [5, 5.41) is 10.2. The Hall–Kier alpha value is -2.48. The van der Waals surface area contributed by atoms with E-state index in [0.717, 1.165) is 5.69 Å². The van der Waals surface area contributed by atoms with E-state index in [2.05, 4.69) is 20.8 Å². The molecule has 6 nitrogen and oxygen atoms in total. The number of halogens is 2. The van der Waals surface area contributed by atoms with Crippen LogP contribution in [0.5, 0.6) is 0 Å². The zero-order chi connectivity index (χ0) is 20.0. The van der Waals surface area contributed by atoms with Crippen LogP contribution in [0.3, 0.4) is 0 Å². The Balaban J connectivity index is 2.00. The van der Waals surface area contributed by atoms with Gasteiger partial charge in [-0.2, -0.15) is 0 Å². The number of guanidine groups is 1. The highest BCUT2D eigenvalue weighted by Crippen LogP contribution is 2.23. The van der Waals surface area contributed by atoms with Gasteiger partial charge in [-0.15, -0.1) is 0 Å². The average molecular weight is 379 g/mol. The number of aromatic nitrogens is 1. The number of benzene rings is 1. The Morgan fingerprint density at radius 3 is 2.41 bits per heavy atom. The van der Waals surface area contributed by atoms with Gasteiger partial charge in [0.1, 0.15) is 11.6 Å². The van der Waals surface area contributed by atoms with Crippen LogP contribution >= 0.6 is 0 Å². The zero-order valence-corrected chi connectivity index (χ0v) is 16.4. The molecule has 0 amide bonds. The highest BCUT2D eigenvalue weighted by Gasteiger charge is 2.22. The summed E-state index contributed by atoms with van der Waals surface area (Å²) in [6.45, 7) is 4.76. The van der Waals surface area contributed by atoms with E-state index in [-0.39, 0.29) is 18.0 Å². The molecular weight excluding hydrogens is 352 g/mol. The minimum Gasteiger partial charge on any atom is -0.359 e. The zero-order valence-electron chi connectivity index (χ0n) is 16.4. The van der Waals surface area contributed by atoms with Crippen LogP contribution in [0.4, 0.5) is 8.78 Å². The molecule has 0 spiro atoms. The SMILES string of the molecule is CN=C(NCc1cc(C(C)C)no1)NCC(c1c(F)cccc1F)N(C)C. The molecule has 0 aliphatic heterocycles. The molecule has 27 heavy (non-hydrogen) atoms. The first-order chi connectivity index (χ1) is 12.8. The van der Waals surface area contributed by atoms with Crippen LogP contribution in [0.1, 0.15) is 42.8 Å². The van der Waals surface area contributed by atoms with Crippen molar-refractivity contribution >= 4 is 5.96 Å². The van der Waals surface area contributed by atoms with Gasteiger partial charge in [-0.05, 0) is 32.1 Å². The van der Waals surface area contributed by atoms with Crippen LogP contribution in [-0.2, 0) is 6.54 Å². The van der Waals surface area contributed by atoms with Crippen LogP contribution in [0.15, 0.2) is 33.8 Å². The smallest absolute Gasteiger partial charge is 0.191 e. The molecule has 0 fully saturated rings. The van der Waals surface area contributed by atoms with Crippen LogP contribution in [0.2, 0.25) is 0 Å². The summed E-state index contributed by atoms with van der Waals surface area (Å²) >= 11 is 0. The van der Waals surface area contributed by atoms with Crippen molar-refractivity contribution in [1.29, 1.82) is 0 Å². The van der Waals surface area contributed by atoms with Crippen molar-refractivity contribution in [3.8, 4) is 0 Å². The maximum absolute atomic E-state index is 14.1. The summed E-state index contributed by atoms with van der Waals surface area (Å²) in [5.41, 5.74) is 0.916. The van der Waals surface area contributed by atoms with Gasteiger partial charge in [-0.1, -0.05) is 25.1 Å². The lowest BCUT2D eigenvalue weighted by Crippen LogP contribution is -2.41. The number of hydrogen-bond donors (Lipinski definition) is 2. The molecule has 2 N–H and O–H groups in total. The van der Waals surface area contributed by atoms with Crippen molar-refractivity contribution in [2.75, 3.05) is 27.7 Å². The number of nitrogens with zero attached hydrogens (tertiary/aromatic N) is 3. The Labute approximate surface area is 158 Å². The first kappa shape index (κ1) is 20.8. The van der Waals surface area contributed by atoms with Gasteiger partial charge in [-0.3, -0.25) is 4.99 Å². The summed E-state index contributed by atoms with van der Waals surface area (Å²) in [6.07, 6.45) is 0. The van der Waals surface area contributed by atoms with Crippen LogP contribution in [0, 0.1) is 11.6 Å². The third-order valence-electron chi connectivity index (χ3n) is 4.24. The van der Waals surface area contributed by atoms with E-state index in [4.69, 9.17) is 4.52 Å². The Bertz CT molecular complexity index is 753. The molecule has 148 valence electrons. The van der Waals surface area contributed by atoms with Gasteiger partial charge in [0.25, 0.3) is 0 Å². The Kier molecular flexibility index (Phi) is 7.29. The summed E-state index contributed by atoms with van der Waals surface area (Å²) in [7, 11) is 5.18. The van der Waals surface area contributed by atoms with E-state index >= 15 is 0 Å². The second kappa shape index (κ2) is 9.45. The maximum atomic E-state index is 14.1. The predicted octanol–water partition coefficient (Wildman–Crippen LogP) is 3.04. The van der Waals surface area contributed by atoms with Crippen LogP contribution in [-0.4, -0.2) is 43.7 Å². The average Bonchev–Trinajstić information content (AvgIpc) is 3.09. The molecule has 1 heterocycles. The molecule has 0 radical (unpaired) electrons. The third kappa shape index (κ3) is 5.50. The quantitative estimate of drug-likeness (QED) is 0.572. The molecule has 0 aliphatic rings. The highest BCUT2D eigenvalue weighted by molar-refractivity contribution is 5.79. The van der Waals surface area contributed by atoms with Gasteiger partial charge in [0.05, 0.1) is 18.3 Å². The summed E-state index contributed by atoms with van der Waals surface area (Å²) in [6, 6.07) is 5.28. The van der Waals surface area contributed by atoms with E-state index < -0.39 is 17.7 Å². The maximum Gasteiger partial charge on any atom is 0.191 e. The molecular formula is C19H27F2N5O. The summed E-state index contributed by atoms with van der Waals surface area (Å²) in [5.74, 6) is 0.339.